The van der Waals surface area contributed by atoms with Crippen LogP contribution in [0.5, 0.6) is 0 Å². The first-order chi connectivity index (χ1) is 11.2. The molecular formula is C17H16ClN5. The lowest BCUT2D eigenvalue weighted by Crippen LogP contribution is -2.10. The lowest BCUT2D eigenvalue weighted by atomic mass is 9.98. The van der Waals surface area contributed by atoms with Crippen molar-refractivity contribution in [2.75, 3.05) is 13.6 Å². The maximum absolute atomic E-state index is 6.37. The highest BCUT2D eigenvalue weighted by Crippen LogP contribution is 2.24. The van der Waals surface area contributed by atoms with Gasteiger partial charge in [-0.15, -0.1) is 0 Å². The molecule has 2 aromatic rings. The fraction of sp³-hybridized carbons (Fsp3) is 0.176. The fourth-order valence-corrected chi connectivity index (χ4v) is 2.59. The molecule has 6 heteroatoms. The molecule has 0 atom stereocenters. The summed E-state index contributed by atoms with van der Waals surface area (Å²) in [5.74, 6) is 0. The van der Waals surface area contributed by atoms with Crippen LogP contribution in [0.3, 0.4) is 0 Å². The van der Waals surface area contributed by atoms with Gasteiger partial charge in [0.2, 0.25) is 0 Å². The summed E-state index contributed by atoms with van der Waals surface area (Å²) < 4.78 is 0. The molecule has 0 radical (unpaired) electrons. The molecule has 0 spiro atoms. The van der Waals surface area contributed by atoms with Crippen LogP contribution in [0.4, 0.5) is 0 Å². The number of pyridine rings is 2. The highest BCUT2D eigenvalue weighted by molar-refractivity contribution is 6.29. The van der Waals surface area contributed by atoms with Crippen LogP contribution in [0.25, 0.3) is 16.6 Å². The largest absolute Gasteiger partial charge is 0.398 e. The monoisotopic (exact) mass is 325 g/mol. The molecule has 2 N–H and O–H groups in total. The molecule has 3 heterocycles. The van der Waals surface area contributed by atoms with Gasteiger partial charge in [-0.3, -0.25) is 15.0 Å². The summed E-state index contributed by atoms with van der Waals surface area (Å²) in [6.45, 7) is 0.746. The first-order valence-electron chi connectivity index (χ1n) is 7.23. The van der Waals surface area contributed by atoms with E-state index < -0.39 is 0 Å². The van der Waals surface area contributed by atoms with Crippen molar-refractivity contribution in [3.05, 3.63) is 52.5 Å². The minimum Gasteiger partial charge on any atom is -0.398 e. The number of aromatic nitrogens is 2. The first kappa shape index (κ1) is 15.4. The van der Waals surface area contributed by atoms with Gasteiger partial charge in [-0.2, -0.15) is 0 Å². The van der Waals surface area contributed by atoms with E-state index in [2.05, 4.69) is 20.0 Å². The zero-order chi connectivity index (χ0) is 16.2. The molecule has 1 aliphatic rings. The van der Waals surface area contributed by atoms with E-state index in [9.17, 15) is 0 Å². The SMILES string of the molecule is CN=CC(=C(N)C1=CC=NCC1)c1cnc2ccc(Cl)nc2c1. The highest BCUT2D eigenvalue weighted by Gasteiger charge is 2.12. The molecule has 0 unspecified atom stereocenters. The standard InChI is InChI=1S/C17H16ClN5/c1-20-10-13(17(19)11-4-6-21-7-5-11)12-8-15-14(22-9-12)2-3-16(18)23-15/h2-4,6,8-10H,5,7,19H2,1H3. The Hall–Kier alpha value is -2.53. The van der Waals surface area contributed by atoms with Gasteiger partial charge in [0.05, 0.1) is 11.0 Å². The van der Waals surface area contributed by atoms with Gasteiger partial charge in [0, 0.05) is 49.1 Å². The molecule has 0 aliphatic carbocycles. The second-order valence-corrected chi connectivity index (χ2v) is 5.50. The van der Waals surface area contributed by atoms with Gasteiger partial charge >= 0.3 is 0 Å². The molecule has 3 rings (SSSR count). The highest BCUT2D eigenvalue weighted by atomic mass is 35.5. The average molecular weight is 326 g/mol. The van der Waals surface area contributed by atoms with Crippen LogP contribution in [0, 0.1) is 0 Å². The van der Waals surface area contributed by atoms with Gasteiger partial charge in [0.15, 0.2) is 0 Å². The Morgan fingerprint density at radius 1 is 1.35 bits per heavy atom. The summed E-state index contributed by atoms with van der Waals surface area (Å²) in [5, 5.41) is 0.435. The molecule has 0 bridgehead atoms. The van der Waals surface area contributed by atoms with E-state index in [1.165, 1.54) is 0 Å². The maximum atomic E-state index is 6.37. The van der Waals surface area contributed by atoms with Gasteiger partial charge < -0.3 is 5.73 Å². The Balaban J connectivity index is 2.14. The van der Waals surface area contributed by atoms with E-state index in [4.69, 9.17) is 17.3 Å². The van der Waals surface area contributed by atoms with Gasteiger partial charge in [-0.1, -0.05) is 11.6 Å². The molecule has 0 fully saturated rings. The first-order valence-corrected chi connectivity index (χ1v) is 7.61. The predicted octanol–water partition coefficient (Wildman–Crippen LogP) is 3.05. The molecule has 116 valence electrons. The van der Waals surface area contributed by atoms with Gasteiger partial charge in [0.1, 0.15) is 5.15 Å². The van der Waals surface area contributed by atoms with E-state index >= 15 is 0 Å². The number of hydrogen-bond donors (Lipinski definition) is 1. The lowest BCUT2D eigenvalue weighted by Gasteiger charge is -2.13. The van der Waals surface area contributed by atoms with Gasteiger partial charge in [-0.05, 0) is 36.3 Å². The smallest absolute Gasteiger partial charge is 0.129 e. The van der Waals surface area contributed by atoms with E-state index in [0.717, 1.165) is 40.7 Å². The molecule has 23 heavy (non-hydrogen) atoms. The van der Waals surface area contributed by atoms with Crippen LogP contribution in [0.1, 0.15) is 12.0 Å². The second-order valence-electron chi connectivity index (χ2n) is 5.11. The average Bonchev–Trinajstić information content (AvgIpc) is 2.59. The number of fused-ring (bicyclic) bond motifs is 1. The van der Waals surface area contributed by atoms with E-state index in [1.54, 1.807) is 31.7 Å². The Bertz CT molecular complexity index is 864. The number of dihydropyridines is 1. The summed E-state index contributed by atoms with van der Waals surface area (Å²) in [7, 11) is 1.72. The van der Waals surface area contributed by atoms with E-state index in [1.807, 2.05) is 18.2 Å². The summed E-state index contributed by atoms with van der Waals surface area (Å²) >= 11 is 5.97. The normalized spacial score (nSPS) is 15.8. The molecular weight excluding hydrogens is 310 g/mol. The summed E-state index contributed by atoms with van der Waals surface area (Å²) in [4.78, 5) is 17.1. The Morgan fingerprint density at radius 3 is 2.96 bits per heavy atom. The molecule has 0 amide bonds. The number of halogens is 1. The van der Waals surface area contributed by atoms with Crippen molar-refractivity contribution >= 4 is 40.6 Å². The summed E-state index contributed by atoms with van der Waals surface area (Å²) in [6, 6.07) is 5.49. The zero-order valence-electron chi connectivity index (χ0n) is 12.7. The van der Waals surface area contributed by atoms with Crippen molar-refractivity contribution in [1.82, 2.24) is 9.97 Å². The van der Waals surface area contributed by atoms with Crippen LogP contribution in [-0.2, 0) is 0 Å². The van der Waals surface area contributed by atoms with Gasteiger partial charge in [0.25, 0.3) is 0 Å². The topological polar surface area (TPSA) is 76.5 Å². The third-order valence-corrected chi connectivity index (χ3v) is 3.81. The van der Waals surface area contributed by atoms with Crippen LogP contribution < -0.4 is 5.73 Å². The molecule has 0 saturated carbocycles. The van der Waals surface area contributed by atoms with Crippen molar-refractivity contribution in [3.63, 3.8) is 0 Å². The van der Waals surface area contributed by atoms with Crippen molar-refractivity contribution in [3.8, 4) is 0 Å². The lowest BCUT2D eigenvalue weighted by molar-refractivity contribution is 0.945. The van der Waals surface area contributed by atoms with Crippen molar-refractivity contribution in [1.29, 1.82) is 0 Å². The maximum Gasteiger partial charge on any atom is 0.129 e. The van der Waals surface area contributed by atoms with Gasteiger partial charge in [-0.25, -0.2) is 4.98 Å². The third-order valence-electron chi connectivity index (χ3n) is 3.60. The van der Waals surface area contributed by atoms with E-state index in [-0.39, 0.29) is 0 Å². The summed E-state index contributed by atoms with van der Waals surface area (Å²) in [6.07, 6.45) is 8.06. The Kier molecular flexibility index (Phi) is 4.48. The quantitative estimate of drug-likeness (QED) is 0.696. The number of nitrogens with two attached hydrogens (primary N) is 1. The molecule has 2 aromatic heterocycles. The molecule has 5 nitrogen and oxygen atoms in total. The van der Waals surface area contributed by atoms with Crippen LogP contribution in [0.15, 0.2) is 51.7 Å². The fourth-order valence-electron chi connectivity index (χ4n) is 2.44. The predicted molar refractivity (Wildman–Crippen MR) is 96.1 cm³/mol. The number of allylic oxidation sites excluding steroid dienone is 3. The van der Waals surface area contributed by atoms with Crippen molar-refractivity contribution < 1.29 is 0 Å². The van der Waals surface area contributed by atoms with Crippen LogP contribution in [-0.4, -0.2) is 36.0 Å². The Morgan fingerprint density at radius 2 is 2.22 bits per heavy atom. The minimum absolute atomic E-state index is 0.435. The van der Waals surface area contributed by atoms with Crippen LogP contribution >= 0.6 is 11.6 Å². The van der Waals surface area contributed by atoms with Crippen LogP contribution in [0.2, 0.25) is 5.15 Å². The summed E-state index contributed by atoms with van der Waals surface area (Å²) in [5.41, 5.74) is 11.3. The number of rotatable bonds is 3. The zero-order valence-corrected chi connectivity index (χ0v) is 13.5. The minimum atomic E-state index is 0.435. The number of hydrogen-bond acceptors (Lipinski definition) is 5. The number of nitrogens with zero attached hydrogens (tertiary/aromatic N) is 4. The van der Waals surface area contributed by atoms with Crippen molar-refractivity contribution in [2.24, 2.45) is 15.7 Å². The number of aliphatic imine (C=N–C) groups is 2. The molecule has 0 aromatic carbocycles. The Labute approximate surface area is 139 Å². The third kappa shape index (κ3) is 3.29. The van der Waals surface area contributed by atoms with Crippen molar-refractivity contribution in [2.45, 2.75) is 6.42 Å². The molecule has 0 saturated heterocycles. The van der Waals surface area contributed by atoms with E-state index in [0.29, 0.717) is 10.9 Å². The second kappa shape index (κ2) is 6.71. The molecule has 1 aliphatic heterocycles.